The minimum Gasteiger partial charge on any atom is -0.373 e. The number of thiocarbonyl (C=S) groups is 1. The van der Waals surface area contributed by atoms with E-state index in [1.165, 1.54) is 12.1 Å². The summed E-state index contributed by atoms with van der Waals surface area (Å²) in [6.45, 7) is 4.10. The van der Waals surface area contributed by atoms with Crippen LogP contribution < -0.4 is 0 Å². The first-order chi connectivity index (χ1) is 12.5. The predicted molar refractivity (Wildman–Crippen MR) is 103 cm³/mol. The van der Waals surface area contributed by atoms with Crippen LogP contribution in [0.2, 0.25) is 0 Å². The average Bonchev–Trinajstić information content (AvgIpc) is 2.57. The van der Waals surface area contributed by atoms with Crippen LogP contribution in [-0.4, -0.2) is 17.3 Å². The molecule has 0 radical (unpaired) electrons. The van der Waals surface area contributed by atoms with Crippen molar-refractivity contribution in [3.63, 3.8) is 0 Å². The van der Waals surface area contributed by atoms with E-state index < -0.39 is 0 Å². The Morgan fingerprint density at radius 1 is 1.12 bits per heavy atom. The van der Waals surface area contributed by atoms with Gasteiger partial charge in [0.25, 0.3) is 0 Å². The molecular weight excluding hydrogens is 352 g/mol. The van der Waals surface area contributed by atoms with Crippen LogP contribution in [0, 0.1) is 11.6 Å². The molecule has 136 valence electrons. The highest BCUT2D eigenvalue weighted by atomic mass is 32.1. The summed E-state index contributed by atoms with van der Waals surface area (Å²) < 4.78 is 34.3. The molecule has 3 rings (SSSR count). The largest absolute Gasteiger partial charge is 0.373 e. The first-order valence-corrected chi connectivity index (χ1v) is 9.15. The lowest BCUT2D eigenvalue weighted by molar-refractivity contribution is -0.0192. The highest BCUT2D eigenvalue weighted by Crippen LogP contribution is 2.29. The predicted octanol–water partition coefficient (Wildman–Crippen LogP) is 5.91. The Balaban J connectivity index is 1.66. The van der Waals surface area contributed by atoms with Gasteiger partial charge in [-0.15, -0.1) is 0 Å². The molecule has 0 amide bonds. The third kappa shape index (κ3) is 4.24. The molecule has 0 bridgehead atoms. The summed E-state index contributed by atoms with van der Waals surface area (Å²) in [6, 6.07) is 10.2. The number of hydrogen-bond acceptors (Lipinski definition) is 3. The minimum absolute atomic E-state index is 0.0869. The minimum atomic E-state index is -0.344. The maximum atomic E-state index is 14.4. The maximum Gasteiger partial charge on any atom is 0.129 e. The topological polar surface area (TPSA) is 21.6 Å². The molecule has 2 aromatic carbocycles. The molecule has 1 fully saturated rings. The molecular formula is C21H21F2NOS. The number of hydrogen-bond donors (Lipinski definition) is 0. The van der Waals surface area contributed by atoms with Crippen molar-refractivity contribution in [3.8, 4) is 11.1 Å². The van der Waals surface area contributed by atoms with Gasteiger partial charge in [-0.2, -0.15) is 0 Å². The van der Waals surface area contributed by atoms with E-state index in [0.717, 1.165) is 12.8 Å². The molecule has 2 nitrogen and oxygen atoms in total. The Labute approximate surface area is 157 Å². The molecule has 0 aliphatic heterocycles. The zero-order valence-electron chi connectivity index (χ0n) is 14.8. The van der Waals surface area contributed by atoms with Crippen LogP contribution in [0.25, 0.3) is 11.1 Å². The van der Waals surface area contributed by atoms with Crippen molar-refractivity contribution >= 4 is 17.4 Å². The van der Waals surface area contributed by atoms with Gasteiger partial charge >= 0.3 is 0 Å². The van der Waals surface area contributed by atoms with Crippen molar-refractivity contribution in [1.29, 1.82) is 0 Å². The molecule has 0 atom stereocenters. The summed E-state index contributed by atoms with van der Waals surface area (Å²) in [5.41, 5.74) is 2.48. The number of halogens is 2. The van der Waals surface area contributed by atoms with Gasteiger partial charge in [0.2, 0.25) is 0 Å². The van der Waals surface area contributed by atoms with Crippen molar-refractivity contribution < 1.29 is 13.5 Å². The van der Waals surface area contributed by atoms with E-state index in [1.807, 2.05) is 19.9 Å². The molecule has 0 unspecified atom stereocenters. The van der Waals surface area contributed by atoms with Gasteiger partial charge in [0.05, 0.1) is 23.9 Å². The molecule has 0 spiro atoms. The van der Waals surface area contributed by atoms with E-state index in [9.17, 15) is 8.78 Å². The number of aliphatic imine (C=N–C) groups is 1. The van der Waals surface area contributed by atoms with Crippen molar-refractivity contribution in [2.45, 2.75) is 51.4 Å². The molecule has 1 saturated carbocycles. The summed E-state index contributed by atoms with van der Waals surface area (Å²) in [5, 5.41) is 2.37. The van der Waals surface area contributed by atoms with Gasteiger partial charge in [-0.25, -0.2) is 13.8 Å². The lowest BCUT2D eigenvalue weighted by Gasteiger charge is -2.31. The van der Waals surface area contributed by atoms with Gasteiger partial charge in [-0.05, 0) is 59.8 Å². The third-order valence-corrected chi connectivity index (χ3v) is 4.89. The molecule has 26 heavy (non-hydrogen) atoms. The Bertz CT molecular complexity index is 840. The fourth-order valence-electron chi connectivity index (χ4n) is 3.08. The van der Waals surface area contributed by atoms with Crippen LogP contribution in [0.4, 0.5) is 8.78 Å². The van der Waals surface area contributed by atoms with Crippen LogP contribution in [0.1, 0.15) is 43.7 Å². The van der Waals surface area contributed by atoms with E-state index in [1.54, 1.807) is 18.2 Å². The summed E-state index contributed by atoms with van der Waals surface area (Å²) in [5.74, 6) is -0.492. The highest BCUT2D eigenvalue weighted by Gasteiger charge is 2.29. The second-order valence-corrected chi connectivity index (χ2v) is 7.16. The average molecular weight is 373 g/mol. The SMILES string of the molecule is CC(C)c1ccc(-c2ccc(COC3CC(N=C=S)C3)c(F)c2)cc1F. The lowest BCUT2D eigenvalue weighted by Crippen LogP contribution is -2.34. The molecule has 0 saturated heterocycles. The zero-order valence-corrected chi connectivity index (χ0v) is 15.7. The second kappa shape index (κ2) is 8.17. The maximum absolute atomic E-state index is 14.4. The Hall–Kier alpha value is -1.94. The van der Waals surface area contributed by atoms with Gasteiger partial charge in [0.1, 0.15) is 11.6 Å². The zero-order chi connectivity index (χ0) is 18.7. The molecule has 1 aliphatic rings. The van der Waals surface area contributed by atoms with Crippen molar-refractivity contribution in [2.24, 2.45) is 4.99 Å². The highest BCUT2D eigenvalue weighted by molar-refractivity contribution is 7.78. The van der Waals surface area contributed by atoms with E-state index in [-0.39, 0.29) is 36.3 Å². The van der Waals surface area contributed by atoms with Crippen molar-refractivity contribution in [1.82, 2.24) is 0 Å². The molecule has 0 aromatic heterocycles. The number of benzene rings is 2. The summed E-state index contributed by atoms with van der Waals surface area (Å²) >= 11 is 4.58. The van der Waals surface area contributed by atoms with Crippen LogP contribution in [-0.2, 0) is 11.3 Å². The number of isothiocyanates is 1. The van der Waals surface area contributed by atoms with Crippen molar-refractivity contribution in [2.75, 3.05) is 0 Å². The van der Waals surface area contributed by atoms with E-state index in [4.69, 9.17) is 4.74 Å². The van der Waals surface area contributed by atoms with Crippen molar-refractivity contribution in [3.05, 3.63) is 59.2 Å². The molecule has 5 heteroatoms. The van der Waals surface area contributed by atoms with E-state index in [2.05, 4.69) is 22.4 Å². The van der Waals surface area contributed by atoms with Crippen LogP contribution >= 0.6 is 12.2 Å². The summed E-state index contributed by atoms with van der Waals surface area (Å²) in [7, 11) is 0. The Kier molecular flexibility index (Phi) is 5.92. The van der Waals surface area contributed by atoms with Gasteiger partial charge in [0, 0.05) is 5.56 Å². The second-order valence-electron chi connectivity index (χ2n) is 6.98. The first-order valence-electron chi connectivity index (χ1n) is 8.74. The summed E-state index contributed by atoms with van der Waals surface area (Å²) in [4.78, 5) is 4.00. The Morgan fingerprint density at radius 3 is 2.35 bits per heavy atom. The van der Waals surface area contributed by atoms with Gasteiger partial charge in [0.15, 0.2) is 0 Å². The standard InChI is InChI=1S/C21H21F2NOS/c1-13(2)19-6-5-15(8-21(19)23)14-3-4-16(20(22)7-14)11-25-18-9-17(10-18)24-12-26/h3-8,13,17-18H,9-11H2,1-2H3. The van der Waals surface area contributed by atoms with E-state index in [0.29, 0.717) is 22.3 Å². The van der Waals surface area contributed by atoms with Gasteiger partial charge in [-0.3, -0.25) is 0 Å². The van der Waals surface area contributed by atoms with Crippen LogP contribution in [0.3, 0.4) is 0 Å². The molecule has 2 aromatic rings. The number of rotatable bonds is 6. The molecule has 1 aliphatic carbocycles. The smallest absolute Gasteiger partial charge is 0.129 e. The third-order valence-electron chi connectivity index (χ3n) is 4.79. The fourth-order valence-corrected chi connectivity index (χ4v) is 3.23. The quantitative estimate of drug-likeness (QED) is 0.464. The number of nitrogens with zero attached hydrogens (tertiary/aromatic N) is 1. The van der Waals surface area contributed by atoms with Gasteiger partial charge in [-0.1, -0.05) is 38.1 Å². The lowest BCUT2D eigenvalue weighted by atomic mass is 9.90. The van der Waals surface area contributed by atoms with Crippen LogP contribution in [0.15, 0.2) is 41.4 Å². The molecule has 0 heterocycles. The Morgan fingerprint density at radius 2 is 1.77 bits per heavy atom. The summed E-state index contributed by atoms with van der Waals surface area (Å²) in [6.07, 6.45) is 1.68. The fraction of sp³-hybridized carbons (Fsp3) is 0.381. The number of ether oxygens (including phenoxy) is 1. The monoisotopic (exact) mass is 373 g/mol. The van der Waals surface area contributed by atoms with Crippen LogP contribution in [0.5, 0.6) is 0 Å². The van der Waals surface area contributed by atoms with E-state index >= 15 is 0 Å². The normalized spacial score (nSPS) is 19.1. The first kappa shape index (κ1) is 18.8. The van der Waals surface area contributed by atoms with Gasteiger partial charge < -0.3 is 4.74 Å². The molecule has 0 N–H and O–H groups in total.